The minimum absolute atomic E-state index is 0.158. The van der Waals surface area contributed by atoms with Crippen molar-refractivity contribution in [2.24, 2.45) is 0 Å². The number of nitrogens with zero attached hydrogens (tertiary/aromatic N) is 2. The summed E-state index contributed by atoms with van der Waals surface area (Å²) in [6, 6.07) is 1.98. The Balaban J connectivity index is 0.000000771. The number of pyridine rings is 1. The second kappa shape index (κ2) is 5.07. The Labute approximate surface area is 101 Å². The highest BCUT2D eigenvalue weighted by atomic mass is 19.4. The molecule has 0 bridgehead atoms. The van der Waals surface area contributed by atoms with E-state index in [9.17, 15) is 18.0 Å². The predicted molar refractivity (Wildman–Crippen MR) is 58.5 cm³/mol. The zero-order valence-electron chi connectivity index (χ0n) is 9.69. The number of aromatic carboxylic acids is 1. The van der Waals surface area contributed by atoms with Crippen LogP contribution in [0.5, 0.6) is 0 Å². The highest BCUT2D eigenvalue weighted by Gasteiger charge is 2.30. The van der Waals surface area contributed by atoms with Crippen LogP contribution < -0.4 is 0 Å². The first kappa shape index (κ1) is 14.0. The number of rotatable bonds is 1. The molecule has 0 saturated heterocycles. The smallest absolute Gasteiger partial charge is 0.417 e. The lowest BCUT2D eigenvalue weighted by atomic mass is 10.3. The van der Waals surface area contributed by atoms with Crippen molar-refractivity contribution in [3.8, 4) is 0 Å². The lowest BCUT2D eigenvalue weighted by molar-refractivity contribution is -0.137. The highest BCUT2D eigenvalue weighted by Crippen LogP contribution is 2.29. The van der Waals surface area contributed by atoms with Crippen molar-refractivity contribution in [2.75, 3.05) is 0 Å². The van der Waals surface area contributed by atoms with Gasteiger partial charge in [-0.25, -0.2) is 9.78 Å². The first-order valence-corrected chi connectivity index (χ1v) is 5.17. The van der Waals surface area contributed by atoms with Gasteiger partial charge in [0.15, 0.2) is 5.69 Å². The zero-order valence-corrected chi connectivity index (χ0v) is 9.69. The van der Waals surface area contributed by atoms with Crippen LogP contribution in [-0.2, 0) is 6.18 Å². The normalized spacial score (nSPS) is 10.9. The molecule has 98 valence electrons. The molecule has 0 aliphatic carbocycles. The average Bonchev–Trinajstić information content (AvgIpc) is 2.73. The second-order valence-electron chi connectivity index (χ2n) is 3.11. The van der Waals surface area contributed by atoms with Gasteiger partial charge in [0.1, 0.15) is 5.65 Å². The summed E-state index contributed by atoms with van der Waals surface area (Å²) in [6.45, 7) is 4.00. The molecule has 0 aromatic carbocycles. The van der Waals surface area contributed by atoms with Crippen LogP contribution in [-0.4, -0.2) is 20.5 Å². The first-order chi connectivity index (χ1) is 8.38. The summed E-state index contributed by atoms with van der Waals surface area (Å²) in [4.78, 5) is 14.2. The van der Waals surface area contributed by atoms with Crippen LogP contribution in [0.15, 0.2) is 24.5 Å². The van der Waals surface area contributed by atoms with E-state index in [-0.39, 0.29) is 11.3 Å². The topological polar surface area (TPSA) is 54.6 Å². The third-order valence-electron chi connectivity index (χ3n) is 2.00. The molecule has 0 aliphatic heterocycles. The molecule has 2 rings (SSSR count). The Bertz CT molecular complexity index is 561. The van der Waals surface area contributed by atoms with Crippen molar-refractivity contribution in [3.05, 3.63) is 35.8 Å². The molecular formula is C11H11F3N2O2. The van der Waals surface area contributed by atoms with E-state index in [2.05, 4.69) is 4.98 Å². The predicted octanol–water partition coefficient (Wildman–Crippen LogP) is 3.08. The largest absolute Gasteiger partial charge is 0.476 e. The van der Waals surface area contributed by atoms with Crippen LogP contribution in [0.4, 0.5) is 13.2 Å². The molecule has 2 heterocycles. The third kappa shape index (κ3) is 2.79. The molecule has 0 radical (unpaired) electrons. The average molecular weight is 260 g/mol. The minimum atomic E-state index is -4.46. The number of hydrogen-bond acceptors (Lipinski definition) is 2. The van der Waals surface area contributed by atoms with Gasteiger partial charge in [-0.05, 0) is 12.1 Å². The van der Waals surface area contributed by atoms with Gasteiger partial charge < -0.3 is 9.51 Å². The maximum atomic E-state index is 12.3. The molecule has 0 aliphatic rings. The summed E-state index contributed by atoms with van der Waals surface area (Å²) in [6.07, 6.45) is -2.62. The van der Waals surface area contributed by atoms with Crippen molar-refractivity contribution in [2.45, 2.75) is 20.0 Å². The highest BCUT2D eigenvalue weighted by molar-refractivity contribution is 5.86. The molecule has 1 N–H and O–H groups in total. The van der Waals surface area contributed by atoms with Crippen molar-refractivity contribution in [3.63, 3.8) is 0 Å². The van der Waals surface area contributed by atoms with E-state index in [1.807, 2.05) is 13.8 Å². The van der Waals surface area contributed by atoms with Crippen LogP contribution >= 0.6 is 0 Å². The SMILES string of the molecule is CC.O=C(O)c1cn2cc(C(F)(F)F)ccc2n1. The number of carbonyl (C=O) groups is 1. The van der Waals surface area contributed by atoms with Crippen molar-refractivity contribution in [1.82, 2.24) is 9.38 Å². The summed E-state index contributed by atoms with van der Waals surface area (Å²) in [5, 5.41) is 8.62. The summed E-state index contributed by atoms with van der Waals surface area (Å²) in [7, 11) is 0. The Morgan fingerprint density at radius 2 is 1.89 bits per heavy atom. The number of hydrogen-bond donors (Lipinski definition) is 1. The molecule has 4 nitrogen and oxygen atoms in total. The molecule has 0 spiro atoms. The molecule has 0 unspecified atom stereocenters. The summed E-state index contributed by atoms with van der Waals surface area (Å²) in [5.74, 6) is -1.28. The van der Waals surface area contributed by atoms with E-state index in [4.69, 9.17) is 5.11 Å². The van der Waals surface area contributed by atoms with Gasteiger partial charge in [-0.1, -0.05) is 13.8 Å². The zero-order chi connectivity index (χ0) is 13.9. The van der Waals surface area contributed by atoms with Crippen LogP contribution in [0.2, 0.25) is 0 Å². The van der Waals surface area contributed by atoms with E-state index >= 15 is 0 Å². The van der Waals surface area contributed by atoms with Gasteiger partial charge in [-0.2, -0.15) is 13.2 Å². The molecule has 0 atom stereocenters. The quantitative estimate of drug-likeness (QED) is 0.857. The number of aromatic nitrogens is 2. The number of imidazole rings is 1. The monoisotopic (exact) mass is 260 g/mol. The Morgan fingerprint density at radius 1 is 1.28 bits per heavy atom. The fourth-order valence-electron chi connectivity index (χ4n) is 1.26. The third-order valence-corrected chi connectivity index (χ3v) is 2.00. The van der Waals surface area contributed by atoms with Gasteiger partial charge in [0.05, 0.1) is 5.56 Å². The molecule has 18 heavy (non-hydrogen) atoms. The summed E-state index contributed by atoms with van der Waals surface area (Å²) >= 11 is 0. The molecule has 2 aromatic rings. The molecule has 0 fully saturated rings. The van der Waals surface area contributed by atoms with Gasteiger partial charge in [-0.3, -0.25) is 0 Å². The van der Waals surface area contributed by atoms with E-state index in [0.29, 0.717) is 0 Å². The summed E-state index contributed by atoms with van der Waals surface area (Å²) < 4.78 is 38.0. The minimum Gasteiger partial charge on any atom is -0.476 e. The second-order valence-corrected chi connectivity index (χ2v) is 3.11. The van der Waals surface area contributed by atoms with E-state index in [0.717, 1.165) is 28.9 Å². The number of carboxylic acid groups (broad SMARTS) is 1. The molecule has 2 aromatic heterocycles. The number of fused-ring (bicyclic) bond motifs is 1. The Kier molecular flexibility index (Phi) is 3.95. The maximum absolute atomic E-state index is 12.3. The van der Waals surface area contributed by atoms with E-state index in [1.54, 1.807) is 0 Å². The molecule has 0 amide bonds. The van der Waals surface area contributed by atoms with Crippen molar-refractivity contribution in [1.29, 1.82) is 0 Å². The van der Waals surface area contributed by atoms with Gasteiger partial charge in [0, 0.05) is 12.4 Å². The van der Waals surface area contributed by atoms with Crippen molar-refractivity contribution >= 4 is 11.6 Å². The van der Waals surface area contributed by atoms with Gasteiger partial charge >= 0.3 is 12.1 Å². The molecular weight excluding hydrogens is 249 g/mol. The fraction of sp³-hybridized carbons (Fsp3) is 0.273. The lowest BCUT2D eigenvalue weighted by Crippen LogP contribution is -2.05. The Hall–Kier alpha value is -2.05. The number of alkyl halides is 3. The molecule has 0 saturated carbocycles. The van der Waals surface area contributed by atoms with E-state index < -0.39 is 17.7 Å². The lowest BCUT2D eigenvalue weighted by Gasteiger charge is -2.05. The molecule has 7 heteroatoms. The van der Waals surface area contributed by atoms with E-state index in [1.165, 1.54) is 0 Å². The van der Waals surface area contributed by atoms with Crippen LogP contribution in [0.3, 0.4) is 0 Å². The number of carboxylic acids is 1. The van der Waals surface area contributed by atoms with Crippen LogP contribution in [0, 0.1) is 0 Å². The van der Waals surface area contributed by atoms with Crippen molar-refractivity contribution < 1.29 is 23.1 Å². The summed E-state index contributed by atoms with van der Waals surface area (Å²) in [5.41, 5.74) is -0.987. The number of halogens is 3. The first-order valence-electron chi connectivity index (χ1n) is 5.17. The maximum Gasteiger partial charge on any atom is 0.417 e. The van der Waals surface area contributed by atoms with Gasteiger partial charge in [0.25, 0.3) is 0 Å². The van der Waals surface area contributed by atoms with Crippen LogP contribution in [0.25, 0.3) is 5.65 Å². The van der Waals surface area contributed by atoms with Crippen LogP contribution in [0.1, 0.15) is 29.9 Å². The standard InChI is InChI=1S/C9H5F3N2O2.C2H6/c10-9(11,12)5-1-2-7-13-6(8(15)16)4-14(7)3-5;1-2/h1-4H,(H,15,16);1-2H3. The van der Waals surface area contributed by atoms with Gasteiger partial charge in [-0.15, -0.1) is 0 Å². The fourth-order valence-corrected chi connectivity index (χ4v) is 1.26. The Morgan fingerprint density at radius 3 is 2.39 bits per heavy atom. The van der Waals surface area contributed by atoms with Gasteiger partial charge in [0.2, 0.25) is 0 Å².